The molecule has 0 radical (unpaired) electrons. The van der Waals surface area contributed by atoms with E-state index >= 15 is 0 Å². The zero-order chi connectivity index (χ0) is 5.91. The predicted molar refractivity (Wildman–Crippen MR) is 19.5 cm³/mol. The average molecular weight is 108 g/mol. The van der Waals surface area contributed by atoms with Crippen LogP contribution in [0.25, 0.3) is 0 Å². The van der Waals surface area contributed by atoms with Crippen LogP contribution in [0.15, 0.2) is 0 Å². The normalized spacial score (nSPS) is 9.71. The quantitative estimate of drug-likeness (QED) is 0.413. The van der Waals surface area contributed by atoms with Gasteiger partial charge in [0, 0.05) is 5.92 Å². The Labute approximate surface area is 39.3 Å². The van der Waals surface area contributed by atoms with Gasteiger partial charge in [-0.1, -0.05) is 5.92 Å². The van der Waals surface area contributed by atoms with E-state index in [4.69, 9.17) is 0 Å². The van der Waals surface area contributed by atoms with Crippen molar-refractivity contribution in [3.8, 4) is 11.8 Å². The first kappa shape index (κ1) is 6.35. The molecule has 0 aliphatic heterocycles. The summed E-state index contributed by atoms with van der Waals surface area (Å²) < 4.78 is 32.6. The number of halogens is 3. The molecule has 0 aliphatic rings. The van der Waals surface area contributed by atoms with Gasteiger partial charge in [0.1, 0.15) is 0 Å². The van der Waals surface area contributed by atoms with Crippen molar-refractivity contribution in [2.24, 2.45) is 0 Å². The molecule has 0 amide bonds. The molecule has 0 saturated carbocycles. The molecule has 0 N–H and O–H groups in total. The van der Waals surface area contributed by atoms with E-state index in [2.05, 4.69) is 0 Å². The van der Waals surface area contributed by atoms with Crippen molar-refractivity contribution in [2.75, 3.05) is 0 Å². The van der Waals surface area contributed by atoms with Crippen LogP contribution in [0.5, 0.6) is 0 Å². The van der Waals surface area contributed by atoms with Crippen LogP contribution in [0.3, 0.4) is 0 Å². The minimum absolute atomic E-state index is 1.03. The number of alkyl halides is 3. The van der Waals surface area contributed by atoms with Gasteiger partial charge in [-0.25, -0.2) is 0 Å². The molecule has 7 heavy (non-hydrogen) atoms. The molecule has 0 saturated heterocycles. The second-order valence-electron chi connectivity index (χ2n) is 0.873. The van der Waals surface area contributed by atoms with Gasteiger partial charge in [0.15, 0.2) is 0 Å². The second kappa shape index (κ2) is 1.87. The minimum atomic E-state index is -4.31. The Morgan fingerprint density at radius 1 is 1.29 bits per heavy atom. The lowest BCUT2D eigenvalue weighted by molar-refractivity contribution is -0.0697. The molecular weight excluding hydrogens is 105 g/mol. The van der Waals surface area contributed by atoms with Crippen molar-refractivity contribution in [3.05, 3.63) is 0 Å². The summed E-state index contributed by atoms with van der Waals surface area (Å²) in [6.45, 7) is 1.15. The highest BCUT2D eigenvalue weighted by molar-refractivity contribution is 5.01. The molecule has 0 atom stereocenters. The summed E-state index contributed by atoms with van der Waals surface area (Å²) in [5, 5.41) is 0. The van der Waals surface area contributed by atoms with Gasteiger partial charge in [0.2, 0.25) is 0 Å². The lowest BCUT2D eigenvalue weighted by Gasteiger charge is -1.89. The lowest BCUT2D eigenvalue weighted by Crippen LogP contribution is -2.00. The van der Waals surface area contributed by atoms with Crippen LogP contribution in [0.1, 0.15) is 6.92 Å². The largest absolute Gasteiger partial charge is 0.457 e. The van der Waals surface area contributed by atoms with Gasteiger partial charge >= 0.3 is 6.18 Å². The van der Waals surface area contributed by atoms with Gasteiger partial charge in [-0.2, -0.15) is 13.2 Å². The molecule has 0 spiro atoms. The van der Waals surface area contributed by atoms with E-state index in [-0.39, 0.29) is 0 Å². The number of hydrogen-bond donors (Lipinski definition) is 0. The minimum Gasteiger partial charge on any atom is -0.159 e. The van der Waals surface area contributed by atoms with E-state index in [0.717, 1.165) is 12.8 Å². The molecule has 0 aromatic heterocycles. The summed E-state index contributed by atoms with van der Waals surface area (Å²) in [4.78, 5) is 0. The molecule has 0 fully saturated rings. The average Bonchev–Trinajstić information content (AvgIpc) is 1.30. The molecule has 0 rings (SSSR count). The van der Waals surface area contributed by atoms with Gasteiger partial charge in [0.25, 0.3) is 0 Å². The third-order valence-corrected chi connectivity index (χ3v) is 0.267. The highest BCUT2D eigenvalue weighted by atomic mass is 19.4. The Hall–Kier alpha value is -0.650. The van der Waals surface area contributed by atoms with Gasteiger partial charge in [-0.15, -0.1) is 0 Å². The third kappa shape index (κ3) is 5.35. The van der Waals surface area contributed by atoms with Crippen molar-refractivity contribution in [2.45, 2.75) is 13.1 Å². The Morgan fingerprint density at radius 2 is 1.71 bits per heavy atom. The van der Waals surface area contributed by atoms with Crippen molar-refractivity contribution in [1.29, 1.82) is 0 Å². The zero-order valence-electron chi connectivity index (χ0n) is 3.63. The van der Waals surface area contributed by atoms with Crippen LogP contribution in [0, 0.1) is 11.8 Å². The van der Waals surface area contributed by atoms with E-state index in [1.165, 1.54) is 0 Å². The van der Waals surface area contributed by atoms with Gasteiger partial charge in [-0.3, -0.25) is 0 Å². The molecule has 0 aromatic rings. The molecule has 0 heterocycles. The molecule has 3 heteroatoms. The molecule has 0 aliphatic carbocycles. The van der Waals surface area contributed by atoms with Crippen LogP contribution in [-0.2, 0) is 0 Å². The first-order valence-electron chi connectivity index (χ1n) is 1.57. The topological polar surface area (TPSA) is 0 Å². The fourth-order valence-electron chi connectivity index (χ4n) is 0.142. The van der Waals surface area contributed by atoms with E-state index in [0.29, 0.717) is 0 Å². The summed E-state index contributed by atoms with van der Waals surface area (Å²) in [7, 11) is 0. The van der Waals surface area contributed by atoms with E-state index in [9.17, 15) is 13.2 Å². The van der Waals surface area contributed by atoms with Crippen LogP contribution < -0.4 is 0 Å². The standard InChI is InChI=1S/C4H3F3/c1-2-3-4(5,6)7/h1H3. The number of hydrogen-bond acceptors (Lipinski definition) is 0. The van der Waals surface area contributed by atoms with Crippen LogP contribution in [-0.4, -0.2) is 6.18 Å². The van der Waals surface area contributed by atoms with Crippen molar-refractivity contribution < 1.29 is 13.2 Å². The monoisotopic (exact) mass is 108 g/mol. The Morgan fingerprint density at radius 3 is 1.71 bits per heavy atom. The van der Waals surface area contributed by atoms with Crippen LogP contribution in [0.2, 0.25) is 0 Å². The molecule has 0 aromatic carbocycles. The molecular formula is C4H3F3. The summed E-state index contributed by atoms with van der Waals surface area (Å²) in [6, 6.07) is 0. The Bertz CT molecular complexity index is 100. The fraction of sp³-hybridized carbons (Fsp3) is 0.500. The van der Waals surface area contributed by atoms with E-state index in [1.54, 1.807) is 5.92 Å². The molecule has 0 nitrogen and oxygen atoms in total. The SMILES string of the molecule is CC#CC(F)(F)F. The summed E-state index contributed by atoms with van der Waals surface area (Å²) >= 11 is 0. The second-order valence-corrected chi connectivity index (χ2v) is 0.873. The van der Waals surface area contributed by atoms with Crippen molar-refractivity contribution >= 4 is 0 Å². The zero-order valence-corrected chi connectivity index (χ0v) is 3.63. The molecule has 0 bridgehead atoms. The van der Waals surface area contributed by atoms with E-state index < -0.39 is 6.18 Å². The predicted octanol–water partition coefficient (Wildman–Crippen LogP) is 1.57. The fourth-order valence-corrected chi connectivity index (χ4v) is 0.142. The van der Waals surface area contributed by atoms with E-state index in [1.807, 2.05) is 0 Å². The van der Waals surface area contributed by atoms with Crippen molar-refractivity contribution in [3.63, 3.8) is 0 Å². The van der Waals surface area contributed by atoms with Gasteiger partial charge in [-0.05, 0) is 6.92 Å². The summed E-state index contributed by atoms with van der Waals surface area (Å²) in [5.74, 6) is 2.77. The summed E-state index contributed by atoms with van der Waals surface area (Å²) in [5.41, 5.74) is 0. The maximum atomic E-state index is 10.9. The first-order valence-corrected chi connectivity index (χ1v) is 1.57. The smallest absolute Gasteiger partial charge is 0.159 e. The van der Waals surface area contributed by atoms with Crippen molar-refractivity contribution in [1.82, 2.24) is 0 Å². The Balaban J connectivity index is 3.72. The van der Waals surface area contributed by atoms with Crippen LogP contribution >= 0.6 is 0 Å². The van der Waals surface area contributed by atoms with Gasteiger partial charge in [0.05, 0.1) is 0 Å². The third-order valence-electron chi connectivity index (χ3n) is 0.267. The maximum absolute atomic E-state index is 10.9. The first-order chi connectivity index (χ1) is 3.06. The van der Waals surface area contributed by atoms with Crippen LogP contribution in [0.4, 0.5) is 13.2 Å². The summed E-state index contributed by atoms with van der Waals surface area (Å²) in [6.07, 6.45) is -4.31. The maximum Gasteiger partial charge on any atom is 0.457 e. The molecule has 40 valence electrons. The number of rotatable bonds is 0. The van der Waals surface area contributed by atoms with Gasteiger partial charge < -0.3 is 0 Å². The highest BCUT2D eigenvalue weighted by Crippen LogP contribution is 2.11. The molecule has 0 unspecified atom stereocenters. The highest BCUT2D eigenvalue weighted by Gasteiger charge is 2.22. The lowest BCUT2D eigenvalue weighted by atomic mass is 10.6. The Kier molecular flexibility index (Phi) is 1.70.